The molecule has 1 saturated carbocycles. The lowest BCUT2D eigenvalue weighted by Crippen LogP contribution is -2.36. The molecule has 2 rings (SSSR count). The van der Waals surface area contributed by atoms with Gasteiger partial charge in [-0.1, -0.05) is 43.2 Å². The third-order valence-corrected chi connectivity index (χ3v) is 4.70. The second-order valence-corrected chi connectivity index (χ2v) is 7.09. The molecule has 2 nitrogen and oxygen atoms in total. The van der Waals surface area contributed by atoms with Crippen molar-refractivity contribution in [1.82, 2.24) is 0 Å². The minimum Gasteiger partial charge on any atom is -0.454 e. The minimum absolute atomic E-state index is 0.0492. The molecule has 1 aliphatic carbocycles. The molecule has 0 spiro atoms. The highest BCUT2D eigenvalue weighted by atomic mass is 16.6. The maximum Gasteiger partial charge on any atom is 0.312 e. The molecule has 0 saturated heterocycles. The molecule has 0 bridgehead atoms. The number of ether oxygens (including phenoxy) is 1. The minimum atomic E-state index is -0.394. The second kappa shape index (κ2) is 6.21. The monoisotopic (exact) mass is 288 g/mol. The smallest absolute Gasteiger partial charge is 0.312 e. The number of hydrogen-bond donors (Lipinski definition) is 0. The van der Waals surface area contributed by atoms with Gasteiger partial charge >= 0.3 is 5.97 Å². The van der Waals surface area contributed by atoms with Gasteiger partial charge in [-0.15, -0.1) is 0 Å². The van der Waals surface area contributed by atoms with Gasteiger partial charge in [0.2, 0.25) is 0 Å². The summed E-state index contributed by atoms with van der Waals surface area (Å²) in [5.41, 5.74) is 1.61. The molecular weight excluding hydrogens is 260 g/mol. The molecule has 1 aromatic rings. The van der Waals surface area contributed by atoms with E-state index >= 15 is 0 Å². The molecule has 1 fully saturated rings. The zero-order valence-electron chi connectivity index (χ0n) is 13.9. The molecule has 1 aliphatic rings. The molecule has 0 amide bonds. The molecule has 2 heteroatoms. The predicted octanol–water partition coefficient (Wildman–Crippen LogP) is 5.13. The van der Waals surface area contributed by atoms with Crippen LogP contribution in [-0.2, 0) is 15.1 Å². The van der Waals surface area contributed by atoms with Crippen molar-refractivity contribution in [3.05, 3.63) is 35.4 Å². The average Bonchev–Trinajstić information content (AvgIpc) is 2.89. The van der Waals surface area contributed by atoms with Crippen molar-refractivity contribution in [3.8, 4) is 0 Å². The van der Waals surface area contributed by atoms with Crippen LogP contribution in [0, 0.1) is 12.3 Å². The van der Waals surface area contributed by atoms with E-state index in [2.05, 4.69) is 38.1 Å². The Morgan fingerprint density at radius 3 is 2.29 bits per heavy atom. The zero-order valence-corrected chi connectivity index (χ0v) is 13.9. The van der Waals surface area contributed by atoms with Crippen LogP contribution < -0.4 is 0 Å². The first kappa shape index (κ1) is 16.1. The van der Waals surface area contributed by atoms with Crippen LogP contribution in [0.5, 0.6) is 0 Å². The topological polar surface area (TPSA) is 26.3 Å². The summed E-state index contributed by atoms with van der Waals surface area (Å²) < 4.78 is 6.10. The van der Waals surface area contributed by atoms with Crippen LogP contribution in [-0.4, -0.2) is 5.97 Å². The molecule has 0 aliphatic heterocycles. The summed E-state index contributed by atoms with van der Waals surface area (Å²) in [7, 11) is 0. The molecule has 0 N–H and O–H groups in total. The highest BCUT2D eigenvalue weighted by Gasteiger charge is 2.42. The van der Waals surface area contributed by atoms with Crippen LogP contribution in [0.4, 0.5) is 0 Å². The van der Waals surface area contributed by atoms with Crippen LogP contribution in [0.1, 0.15) is 70.4 Å². The molecule has 0 heterocycles. The largest absolute Gasteiger partial charge is 0.454 e. The fraction of sp³-hybridized carbons (Fsp3) is 0.632. The second-order valence-electron chi connectivity index (χ2n) is 7.09. The Morgan fingerprint density at radius 1 is 1.19 bits per heavy atom. The van der Waals surface area contributed by atoms with Crippen LogP contribution in [0.15, 0.2) is 24.3 Å². The highest BCUT2D eigenvalue weighted by molar-refractivity contribution is 5.76. The Labute approximate surface area is 128 Å². The summed E-state index contributed by atoms with van der Waals surface area (Å²) in [5, 5.41) is 0. The Bertz CT molecular complexity index is 479. The fourth-order valence-electron chi connectivity index (χ4n) is 3.30. The van der Waals surface area contributed by atoms with E-state index in [4.69, 9.17) is 4.74 Å². The van der Waals surface area contributed by atoms with Crippen LogP contribution in [0.3, 0.4) is 0 Å². The van der Waals surface area contributed by atoms with E-state index in [1.165, 1.54) is 5.56 Å². The summed E-state index contributed by atoms with van der Waals surface area (Å²) in [5.74, 6) is -0.0492. The molecule has 21 heavy (non-hydrogen) atoms. The lowest BCUT2D eigenvalue weighted by Gasteiger charge is -2.34. The Hall–Kier alpha value is -1.31. The Morgan fingerprint density at radius 2 is 1.76 bits per heavy atom. The summed E-state index contributed by atoms with van der Waals surface area (Å²) in [6, 6.07) is 8.47. The quantitative estimate of drug-likeness (QED) is 0.702. The lowest BCUT2D eigenvalue weighted by molar-refractivity contribution is -0.172. The molecule has 0 radical (unpaired) electrons. The maximum atomic E-state index is 12.6. The number of rotatable bonds is 5. The summed E-state index contributed by atoms with van der Waals surface area (Å²) in [6.45, 7) is 8.19. The van der Waals surface area contributed by atoms with Gasteiger partial charge in [-0.2, -0.15) is 0 Å². The first-order chi connectivity index (χ1) is 9.89. The van der Waals surface area contributed by atoms with E-state index in [9.17, 15) is 4.79 Å². The van der Waals surface area contributed by atoms with Crippen LogP contribution >= 0.6 is 0 Å². The first-order valence-electron chi connectivity index (χ1n) is 8.20. The Balaban J connectivity index is 2.23. The maximum absolute atomic E-state index is 12.6. The third kappa shape index (κ3) is 3.48. The van der Waals surface area contributed by atoms with E-state index in [1.54, 1.807) is 0 Å². The van der Waals surface area contributed by atoms with Gasteiger partial charge in [0.1, 0.15) is 5.60 Å². The average molecular weight is 288 g/mol. The number of esters is 1. The number of hydrogen-bond acceptors (Lipinski definition) is 2. The number of carbonyl (C=O) groups excluding carboxylic acids is 1. The molecule has 116 valence electrons. The van der Waals surface area contributed by atoms with Gasteiger partial charge in [0, 0.05) is 0 Å². The van der Waals surface area contributed by atoms with Crippen molar-refractivity contribution in [2.75, 3.05) is 0 Å². The molecule has 0 aromatic heterocycles. The van der Waals surface area contributed by atoms with E-state index in [0.29, 0.717) is 0 Å². The van der Waals surface area contributed by atoms with Gasteiger partial charge < -0.3 is 4.74 Å². The first-order valence-corrected chi connectivity index (χ1v) is 8.20. The number of benzene rings is 1. The summed E-state index contributed by atoms with van der Waals surface area (Å²) in [6.07, 6.45) is 6.04. The van der Waals surface area contributed by atoms with Crippen molar-refractivity contribution in [2.45, 2.75) is 71.8 Å². The van der Waals surface area contributed by atoms with Gasteiger partial charge in [-0.25, -0.2) is 0 Å². The van der Waals surface area contributed by atoms with Crippen molar-refractivity contribution in [3.63, 3.8) is 0 Å². The molecule has 0 atom stereocenters. The van der Waals surface area contributed by atoms with E-state index in [-0.39, 0.29) is 5.97 Å². The van der Waals surface area contributed by atoms with Gasteiger partial charge in [0.15, 0.2) is 0 Å². The van der Waals surface area contributed by atoms with Crippen molar-refractivity contribution in [1.29, 1.82) is 0 Å². The van der Waals surface area contributed by atoms with Crippen molar-refractivity contribution in [2.24, 2.45) is 5.41 Å². The SMILES string of the molecule is CCCC(C)(C)C(=O)OC1(c2ccc(C)cc2)CCCC1. The van der Waals surface area contributed by atoms with Gasteiger partial charge in [-0.05, 0) is 58.4 Å². The van der Waals surface area contributed by atoms with Gasteiger partial charge in [-0.3, -0.25) is 4.79 Å². The normalized spacial score (nSPS) is 17.7. The van der Waals surface area contributed by atoms with Gasteiger partial charge in [0.05, 0.1) is 5.41 Å². The Kier molecular flexibility index (Phi) is 4.75. The number of carbonyl (C=O) groups is 1. The molecule has 1 aromatic carbocycles. The molecule has 0 unspecified atom stereocenters. The predicted molar refractivity (Wildman–Crippen MR) is 86.1 cm³/mol. The summed E-state index contributed by atoms with van der Waals surface area (Å²) >= 11 is 0. The standard InChI is InChI=1S/C19H28O2/c1-5-12-18(3,4)17(20)21-19(13-6-7-14-19)16-10-8-15(2)9-11-16/h8-11H,5-7,12-14H2,1-4H3. The van der Waals surface area contributed by atoms with E-state index in [0.717, 1.165) is 44.1 Å². The summed E-state index contributed by atoms with van der Waals surface area (Å²) in [4.78, 5) is 12.6. The van der Waals surface area contributed by atoms with Crippen LogP contribution in [0.2, 0.25) is 0 Å². The van der Waals surface area contributed by atoms with E-state index in [1.807, 2.05) is 13.8 Å². The van der Waals surface area contributed by atoms with Gasteiger partial charge in [0.25, 0.3) is 0 Å². The lowest BCUT2D eigenvalue weighted by atomic mass is 9.86. The van der Waals surface area contributed by atoms with Crippen molar-refractivity contribution < 1.29 is 9.53 Å². The van der Waals surface area contributed by atoms with E-state index < -0.39 is 11.0 Å². The zero-order chi connectivity index (χ0) is 15.5. The fourth-order valence-corrected chi connectivity index (χ4v) is 3.30. The third-order valence-electron chi connectivity index (χ3n) is 4.70. The molecular formula is C19H28O2. The highest BCUT2D eigenvalue weighted by Crippen LogP contribution is 2.44. The van der Waals surface area contributed by atoms with Crippen molar-refractivity contribution >= 4 is 5.97 Å². The number of aryl methyl sites for hydroxylation is 1. The van der Waals surface area contributed by atoms with Crippen LogP contribution in [0.25, 0.3) is 0 Å².